The third-order valence-corrected chi connectivity index (χ3v) is 3.19. The number of aromatic nitrogens is 2. The molecule has 0 radical (unpaired) electrons. The lowest BCUT2D eigenvalue weighted by atomic mass is 9.97. The van der Waals surface area contributed by atoms with Gasteiger partial charge in [0.1, 0.15) is 11.4 Å². The van der Waals surface area contributed by atoms with Crippen LogP contribution in [0, 0.1) is 0 Å². The molecule has 0 spiro atoms. The zero-order valence-electron chi connectivity index (χ0n) is 13.5. The maximum Gasteiger partial charge on any atom is 0.272 e. The first kappa shape index (κ1) is 22.7. The highest BCUT2D eigenvalue weighted by atomic mass is 35.5. The fraction of sp³-hybridized carbons (Fsp3) is 0.375. The quantitative estimate of drug-likeness (QED) is 0.721. The van der Waals surface area contributed by atoms with Crippen molar-refractivity contribution in [3.63, 3.8) is 0 Å². The molecule has 134 valence electrons. The van der Waals surface area contributed by atoms with Gasteiger partial charge >= 0.3 is 0 Å². The predicted molar refractivity (Wildman–Crippen MR) is 94.0 cm³/mol. The van der Waals surface area contributed by atoms with Gasteiger partial charge in [-0.25, -0.2) is 0 Å². The van der Waals surface area contributed by atoms with Crippen LogP contribution < -0.4 is 0 Å². The zero-order valence-corrected chi connectivity index (χ0v) is 15.1. The fourth-order valence-electron chi connectivity index (χ4n) is 2.23. The number of rotatable bonds is 7. The van der Waals surface area contributed by atoms with Crippen LogP contribution in [0.15, 0.2) is 48.8 Å². The average molecular weight is 377 g/mol. The molecule has 6 nitrogen and oxygen atoms in total. The predicted octanol–water partition coefficient (Wildman–Crippen LogP) is 2.38. The summed E-state index contributed by atoms with van der Waals surface area (Å²) in [5.74, 6) is -4.37. The first-order valence-corrected chi connectivity index (χ1v) is 7.14. The summed E-state index contributed by atoms with van der Waals surface area (Å²) < 4.78 is 10.9. The normalized spacial score (nSPS) is 15.3. The molecule has 0 aromatic carbocycles. The van der Waals surface area contributed by atoms with Crippen molar-refractivity contribution in [1.82, 2.24) is 9.97 Å². The largest absolute Gasteiger partial charge is 0.356 e. The van der Waals surface area contributed by atoms with E-state index in [-0.39, 0.29) is 49.4 Å². The molecular weight excluding hydrogens is 355 g/mol. The Bertz CT molecular complexity index is 538. The van der Waals surface area contributed by atoms with Crippen molar-refractivity contribution in [3.05, 3.63) is 60.2 Å². The van der Waals surface area contributed by atoms with E-state index in [0.29, 0.717) is 0 Å². The Morgan fingerprint density at radius 2 is 1.17 bits per heavy atom. The van der Waals surface area contributed by atoms with Crippen molar-refractivity contribution in [2.24, 2.45) is 0 Å². The molecule has 0 amide bonds. The van der Waals surface area contributed by atoms with Gasteiger partial charge in [-0.15, -0.1) is 24.8 Å². The maximum atomic E-state index is 11.1. The Kier molecular flexibility index (Phi) is 9.35. The Morgan fingerprint density at radius 1 is 0.792 bits per heavy atom. The van der Waals surface area contributed by atoms with Crippen molar-refractivity contribution in [2.75, 3.05) is 13.2 Å². The summed E-state index contributed by atoms with van der Waals surface area (Å²) in [7, 11) is 0. The van der Waals surface area contributed by atoms with E-state index in [0.717, 1.165) is 0 Å². The lowest BCUT2D eigenvalue weighted by molar-refractivity contribution is -0.405. The van der Waals surface area contributed by atoms with Crippen molar-refractivity contribution >= 4 is 24.8 Å². The smallest absolute Gasteiger partial charge is 0.272 e. The molecule has 0 saturated heterocycles. The number of hydrogen-bond donors (Lipinski definition) is 2. The van der Waals surface area contributed by atoms with Gasteiger partial charge in [-0.2, -0.15) is 0 Å². The molecule has 0 aliphatic rings. The van der Waals surface area contributed by atoms with Crippen molar-refractivity contribution in [3.8, 4) is 0 Å². The van der Waals surface area contributed by atoms with Gasteiger partial charge in [0, 0.05) is 25.6 Å². The third-order valence-electron chi connectivity index (χ3n) is 3.19. The molecule has 0 bridgehead atoms. The van der Waals surface area contributed by atoms with Gasteiger partial charge in [-0.1, -0.05) is 12.1 Å². The second-order valence-corrected chi connectivity index (χ2v) is 4.58. The van der Waals surface area contributed by atoms with E-state index in [1.54, 1.807) is 50.2 Å². The van der Waals surface area contributed by atoms with E-state index in [1.807, 2.05) is 0 Å². The third kappa shape index (κ3) is 4.22. The van der Waals surface area contributed by atoms with Crippen LogP contribution in [0.3, 0.4) is 0 Å². The summed E-state index contributed by atoms with van der Waals surface area (Å²) in [6.45, 7) is 3.71. The second-order valence-electron chi connectivity index (χ2n) is 4.58. The lowest BCUT2D eigenvalue weighted by Crippen LogP contribution is -2.54. The van der Waals surface area contributed by atoms with Crippen LogP contribution in [-0.4, -0.2) is 33.4 Å². The molecule has 2 aromatic rings. The van der Waals surface area contributed by atoms with Crippen molar-refractivity contribution in [2.45, 2.75) is 25.4 Å². The summed E-state index contributed by atoms with van der Waals surface area (Å²) in [5, 5.41) is 22.2. The van der Waals surface area contributed by atoms with Crippen LogP contribution in [0.5, 0.6) is 0 Å². The van der Waals surface area contributed by atoms with Crippen LogP contribution in [0.25, 0.3) is 0 Å². The number of hydrogen-bond acceptors (Lipinski definition) is 6. The van der Waals surface area contributed by atoms with Gasteiger partial charge in [-0.3, -0.25) is 9.97 Å². The molecule has 8 heteroatoms. The number of aliphatic hydroxyl groups is 2. The van der Waals surface area contributed by atoms with E-state index in [2.05, 4.69) is 9.97 Å². The van der Waals surface area contributed by atoms with Gasteiger partial charge in [-0.05, 0) is 38.1 Å². The van der Waals surface area contributed by atoms with E-state index >= 15 is 0 Å². The van der Waals surface area contributed by atoms with E-state index in [9.17, 15) is 10.2 Å². The number of nitrogens with zero attached hydrogens (tertiary/aromatic N) is 2. The van der Waals surface area contributed by atoms with Gasteiger partial charge < -0.3 is 19.7 Å². The Balaban J connectivity index is 0.00000264. The summed E-state index contributed by atoms with van der Waals surface area (Å²) in [4.78, 5) is 8.20. The van der Waals surface area contributed by atoms with Crippen LogP contribution in [0.1, 0.15) is 25.2 Å². The van der Waals surface area contributed by atoms with Gasteiger partial charge in [0.2, 0.25) is 0 Å². The molecule has 0 fully saturated rings. The molecule has 2 N–H and O–H groups in total. The van der Waals surface area contributed by atoms with Gasteiger partial charge in [0.25, 0.3) is 11.6 Å². The minimum absolute atomic E-state index is 0. The molecule has 2 heterocycles. The fourth-order valence-corrected chi connectivity index (χ4v) is 2.23. The molecule has 2 unspecified atom stereocenters. The Hall–Kier alpha value is -1.28. The van der Waals surface area contributed by atoms with Crippen LogP contribution in [0.2, 0.25) is 0 Å². The minimum Gasteiger partial charge on any atom is -0.356 e. The number of pyridine rings is 2. The van der Waals surface area contributed by atoms with E-state index < -0.39 is 11.6 Å². The van der Waals surface area contributed by atoms with Gasteiger partial charge in [0.05, 0.1) is 0 Å². The van der Waals surface area contributed by atoms with Crippen molar-refractivity contribution in [1.29, 1.82) is 0 Å². The monoisotopic (exact) mass is 376 g/mol. The van der Waals surface area contributed by atoms with Gasteiger partial charge in [0.15, 0.2) is 0 Å². The first-order valence-electron chi connectivity index (χ1n) is 7.14. The van der Waals surface area contributed by atoms with Crippen LogP contribution in [-0.2, 0) is 21.0 Å². The highest BCUT2D eigenvalue weighted by Gasteiger charge is 2.56. The van der Waals surface area contributed by atoms with E-state index in [4.69, 9.17) is 9.47 Å². The summed E-state index contributed by atoms with van der Waals surface area (Å²) in [6.07, 6.45) is 3.01. The molecule has 0 aliphatic carbocycles. The van der Waals surface area contributed by atoms with Crippen LogP contribution >= 0.6 is 24.8 Å². The highest BCUT2D eigenvalue weighted by Crippen LogP contribution is 2.41. The molecular formula is C16H22Cl2N2O4. The molecule has 24 heavy (non-hydrogen) atoms. The van der Waals surface area contributed by atoms with Crippen LogP contribution in [0.4, 0.5) is 0 Å². The Morgan fingerprint density at radius 3 is 1.42 bits per heavy atom. The molecule has 0 aliphatic heterocycles. The Labute approximate surface area is 153 Å². The minimum atomic E-state index is -2.19. The molecule has 0 saturated carbocycles. The van der Waals surface area contributed by atoms with E-state index in [1.165, 1.54) is 12.4 Å². The number of ether oxygens (including phenoxy) is 2. The second kappa shape index (κ2) is 9.88. The topological polar surface area (TPSA) is 84.7 Å². The SMILES string of the molecule is CCOC(O)(c1ccccn1)C(O)(OCC)c1ccccn1.Cl.Cl. The summed E-state index contributed by atoms with van der Waals surface area (Å²) >= 11 is 0. The standard InChI is InChI=1S/C16H20N2O4.2ClH/c1-3-21-15(19,13-9-5-7-11-17-13)16(20,22-4-2)14-10-6-8-12-18-14;;/h5-12,19-20H,3-4H2,1-2H3;2*1H. The average Bonchev–Trinajstić information content (AvgIpc) is 2.56. The number of halogens is 2. The maximum absolute atomic E-state index is 11.1. The molecule has 2 aromatic heterocycles. The van der Waals surface area contributed by atoms with Crippen molar-refractivity contribution < 1.29 is 19.7 Å². The summed E-state index contributed by atoms with van der Waals surface area (Å²) in [6, 6.07) is 9.91. The molecule has 2 rings (SSSR count). The molecule has 2 atom stereocenters. The lowest BCUT2D eigenvalue weighted by Gasteiger charge is -2.40. The summed E-state index contributed by atoms with van der Waals surface area (Å²) in [5.41, 5.74) is 0.275. The zero-order chi connectivity index (χ0) is 16.1. The first-order chi connectivity index (χ1) is 10.6. The highest BCUT2D eigenvalue weighted by molar-refractivity contribution is 5.85.